The largest absolute Gasteiger partial charge is 0.496 e. The first-order valence-corrected chi connectivity index (χ1v) is 7.13. The number of benzene rings is 1. The first-order valence-electron chi connectivity index (χ1n) is 6.34. The second kappa shape index (κ2) is 6.83. The second-order valence-electron chi connectivity index (χ2n) is 4.68. The molecule has 1 aromatic heterocycles. The number of nitrogens with zero attached hydrogens (tertiary/aromatic N) is 1. The molecule has 0 saturated heterocycles. The van der Waals surface area contributed by atoms with Gasteiger partial charge in [-0.05, 0) is 47.0 Å². The highest BCUT2D eigenvalue weighted by Crippen LogP contribution is 2.28. The molecule has 1 aromatic carbocycles. The van der Waals surface area contributed by atoms with Crippen molar-refractivity contribution >= 4 is 15.9 Å². The second-order valence-corrected chi connectivity index (χ2v) is 5.60. The Morgan fingerprint density at radius 3 is 2.80 bits per heavy atom. The Morgan fingerprint density at radius 1 is 1.35 bits per heavy atom. The lowest BCUT2D eigenvalue weighted by Crippen LogP contribution is -2.30. The minimum Gasteiger partial charge on any atom is -0.496 e. The molecule has 2 rings (SSSR count). The molecule has 0 fully saturated rings. The first-order chi connectivity index (χ1) is 9.63. The van der Waals surface area contributed by atoms with Gasteiger partial charge in [0, 0.05) is 22.4 Å². The Labute approximate surface area is 127 Å². The van der Waals surface area contributed by atoms with Crippen molar-refractivity contribution in [2.45, 2.75) is 19.4 Å². The number of nitrogens with one attached hydrogen (secondary N) is 1. The fraction of sp³-hybridized carbons (Fsp3) is 0.267. The number of methoxy groups -OCH3 is 1. The molecule has 1 heterocycles. The van der Waals surface area contributed by atoms with E-state index in [-0.39, 0.29) is 6.04 Å². The summed E-state index contributed by atoms with van der Waals surface area (Å²) in [5, 5.41) is 0. The number of ether oxygens (including phenoxy) is 1. The van der Waals surface area contributed by atoms with E-state index in [1.807, 2.05) is 24.4 Å². The van der Waals surface area contributed by atoms with Crippen LogP contribution in [-0.2, 0) is 6.42 Å². The van der Waals surface area contributed by atoms with Gasteiger partial charge in [-0.15, -0.1) is 0 Å². The zero-order valence-corrected chi connectivity index (χ0v) is 13.1. The highest BCUT2D eigenvalue weighted by Gasteiger charge is 2.16. The van der Waals surface area contributed by atoms with Crippen molar-refractivity contribution in [3.05, 3.63) is 57.8 Å². The standard InChI is InChI=1S/C15H18BrN3O/c1-10-3-4-15(20-2)13(5-10)14(19-17)7-11-6-12(16)9-18-8-11/h3-6,8-9,14,19H,7,17H2,1-2H3. The van der Waals surface area contributed by atoms with Crippen LogP contribution >= 0.6 is 15.9 Å². The summed E-state index contributed by atoms with van der Waals surface area (Å²) < 4.78 is 6.38. The lowest BCUT2D eigenvalue weighted by molar-refractivity contribution is 0.399. The van der Waals surface area contributed by atoms with E-state index in [1.165, 1.54) is 5.56 Å². The maximum atomic E-state index is 5.73. The van der Waals surface area contributed by atoms with Crippen LogP contribution in [0.3, 0.4) is 0 Å². The molecule has 0 radical (unpaired) electrons. The molecule has 1 atom stereocenters. The van der Waals surface area contributed by atoms with E-state index in [9.17, 15) is 0 Å². The number of hydrazine groups is 1. The van der Waals surface area contributed by atoms with Crippen LogP contribution in [0.4, 0.5) is 0 Å². The van der Waals surface area contributed by atoms with Gasteiger partial charge >= 0.3 is 0 Å². The summed E-state index contributed by atoms with van der Waals surface area (Å²) in [5.74, 6) is 6.56. The van der Waals surface area contributed by atoms with E-state index in [4.69, 9.17) is 10.6 Å². The summed E-state index contributed by atoms with van der Waals surface area (Å²) in [4.78, 5) is 4.18. The number of aryl methyl sites for hydroxylation is 1. The van der Waals surface area contributed by atoms with Gasteiger partial charge in [-0.25, -0.2) is 0 Å². The van der Waals surface area contributed by atoms with Gasteiger partial charge in [-0.1, -0.05) is 17.7 Å². The van der Waals surface area contributed by atoms with Crippen LogP contribution in [0.1, 0.15) is 22.7 Å². The molecule has 0 saturated carbocycles. The Bertz CT molecular complexity index is 589. The summed E-state index contributed by atoms with van der Waals surface area (Å²) in [6.07, 6.45) is 4.35. The SMILES string of the molecule is COc1ccc(C)cc1C(Cc1cncc(Br)c1)NN. The van der Waals surface area contributed by atoms with E-state index >= 15 is 0 Å². The predicted octanol–water partition coefficient (Wildman–Crippen LogP) is 2.91. The van der Waals surface area contributed by atoms with E-state index in [1.54, 1.807) is 13.3 Å². The third-order valence-corrected chi connectivity index (χ3v) is 3.60. The molecule has 1 unspecified atom stereocenters. The summed E-state index contributed by atoms with van der Waals surface area (Å²) >= 11 is 3.43. The Morgan fingerprint density at radius 2 is 2.15 bits per heavy atom. The lowest BCUT2D eigenvalue weighted by atomic mass is 9.98. The molecule has 4 nitrogen and oxygen atoms in total. The number of rotatable bonds is 5. The van der Waals surface area contributed by atoms with Crippen molar-refractivity contribution in [2.75, 3.05) is 7.11 Å². The van der Waals surface area contributed by atoms with Gasteiger partial charge in [0.15, 0.2) is 0 Å². The number of pyridine rings is 1. The van der Waals surface area contributed by atoms with E-state index in [0.29, 0.717) is 0 Å². The summed E-state index contributed by atoms with van der Waals surface area (Å²) in [6.45, 7) is 2.05. The van der Waals surface area contributed by atoms with Crippen LogP contribution in [0.5, 0.6) is 5.75 Å². The zero-order chi connectivity index (χ0) is 14.5. The molecule has 106 valence electrons. The maximum Gasteiger partial charge on any atom is 0.123 e. The quantitative estimate of drug-likeness (QED) is 0.651. The van der Waals surface area contributed by atoms with Gasteiger partial charge in [-0.2, -0.15) is 0 Å². The molecule has 0 spiro atoms. The molecule has 2 aromatic rings. The third kappa shape index (κ3) is 3.56. The Hall–Kier alpha value is -1.43. The van der Waals surface area contributed by atoms with Gasteiger partial charge in [0.25, 0.3) is 0 Å². The van der Waals surface area contributed by atoms with E-state index < -0.39 is 0 Å². The van der Waals surface area contributed by atoms with Crippen molar-refractivity contribution in [3.8, 4) is 5.75 Å². The average Bonchev–Trinajstić information content (AvgIpc) is 2.45. The monoisotopic (exact) mass is 335 g/mol. The minimum atomic E-state index is -0.0269. The molecule has 0 amide bonds. The van der Waals surface area contributed by atoms with Gasteiger partial charge in [0.1, 0.15) is 5.75 Å². The van der Waals surface area contributed by atoms with Crippen LogP contribution in [0, 0.1) is 6.92 Å². The Kier molecular flexibility index (Phi) is 5.11. The van der Waals surface area contributed by atoms with Crippen molar-refractivity contribution in [2.24, 2.45) is 5.84 Å². The fourth-order valence-corrected chi connectivity index (χ4v) is 2.60. The Balaban J connectivity index is 2.30. The lowest BCUT2D eigenvalue weighted by Gasteiger charge is -2.19. The van der Waals surface area contributed by atoms with Crippen molar-refractivity contribution in [1.29, 1.82) is 0 Å². The molecule has 5 heteroatoms. The molecule has 0 aliphatic heterocycles. The van der Waals surface area contributed by atoms with Crippen molar-refractivity contribution in [1.82, 2.24) is 10.4 Å². The van der Waals surface area contributed by atoms with Crippen LogP contribution in [0.25, 0.3) is 0 Å². The van der Waals surface area contributed by atoms with E-state index in [2.05, 4.69) is 39.3 Å². The molecule has 0 bridgehead atoms. The fourth-order valence-electron chi connectivity index (χ4n) is 2.19. The highest BCUT2D eigenvalue weighted by molar-refractivity contribution is 9.10. The summed E-state index contributed by atoms with van der Waals surface area (Å²) in [6, 6.07) is 8.10. The van der Waals surface area contributed by atoms with Crippen LogP contribution in [0.2, 0.25) is 0 Å². The molecular formula is C15H18BrN3O. The minimum absolute atomic E-state index is 0.0269. The van der Waals surface area contributed by atoms with Gasteiger partial charge < -0.3 is 4.74 Å². The number of nitrogens with two attached hydrogens (primary N) is 1. The van der Waals surface area contributed by atoms with E-state index in [0.717, 1.165) is 27.8 Å². The van der Waals surface area contributed by atoms with Gasteiger partial charge in [0.2, 0.25) is 0 Å². The molecule has 0 aliphatic carbocycles. The first kappa shape index (κ1) is 15.0. The van der Waals surface area contributed by atoms with Gasteiger partial charge in [0.05, 0.1) is 13.2 Å². The normalized spacial score (nSPS) is 12.2. The molecule has 0 aliphatic rings. The predicted molar refractivity (Wildman–Crippen MR) is 83.4 cm³/mol. The summed E-state index contributed by atoms with van der Waals surface area (Å²) in [5.41, 5.74) is 6.19. The van der Waals surface area contributed by atoms with Crippen LogP contribution in [0.15, 0.2) is 41.1 Å². The van der Waals surface area contributed by atoms with Gasteiger partial charge in [-0.3, -0.25) is 16.3 Å². The number of hydrogen-bond acceptors (Lipinski definition) is 4. The summed E-state index contributed by atoms with van der Waals surface area (Å²) in [7, 11) is 1.67. The number of hydrogen-bond donors (Lipinski definition) is 2. The average molecular weight is 336 g/mol. The maximum absolute atomic E-state index is 5.73. The third-order valence-electron chi connectivity index (χ3n) is 3.16. The van der Waals surface area contributed by atoms with Crippen molar-refractivity contribution in [3.63, 3.8) is 0 Å². The zero-order valence-electron chi connectivity index (χ0n) is 11.6. The molecule has 3 N–H and O–H groups in total. The number of aromatic nitrogens is 1. The smallest absolute Gasteiger partial charge is 0.123 e. The number of halogens is 1. The van der Waals surface area contributed by atoms with Crippen molar-refractivity contribution < 1.29 is 4.74 Å². The topological polar surface area (TPSA) is 60.2 Å². The molecule has 20 heavy (non-hydrogen) atoms. The molecular weight excluding hydrogens is 318 g/mol. The van der Waals surface area contributed by atoms with Crippen LogP contribution in [-0.4, -0.2) is 12.1 Å². The van der Waals surface area contributed by atoms with Crippen LogP contribution < -0.4 is 16.0 Å². The highest BCUT2D eigenvalue weighted by atomic mass is 79.9.